The second-order valence-electron chi connectivity index (χ2n) is 4.87. The molecule has 0 aromatic heterocycles. The van der Waals surface area contributed by atoms with Gasteiger partial charge in [0, 0.05) is 0 Å². The highest BCUT2D eigenvalue weighted by atomic mass is 19.1. The quantitative estimate of drug-likeness (QED) is 0.742. The molecular weight excluding hydrogens is 225 g/mol. The van der Waals surface area contributed by atoms with Crippen LogP contribution in [0.5, 0.6) is 0 Å². The molecule has 0 bridgehead atoms. The van der Waals surface area contributed by atoms with E-state index in [0.29, 0.717) is 0 Å². The van der Waals surface area contributed by atoms with Gasteiger partial charge in [-0.25, -0.2) is 4.39 Å². The molecule has 0 aliphatic heterocycles. The van der Waals surface area contributed by atoms with Crippen molar-refractivity contribution in [3.05, 3.63) is 52.3 Å². The van der Waals surface area contributed by atoms with Gasteiger partial charge < -0.3 is 5.73 Å². The van der Waals surface area contributed by atoms with Gasteiger partial charge in [0.05, 0.1) is 5.69 Å². The minimum absolute atomic E-state index is 0.193. The van der Waals surface area contributed by atoms with Gasteiger partial charge in [0.25, 0.3) is 0 Å². The first-order chi connectivity index (χ1) is 8.41. The van der Waals surface area contributed by atoms with Crippen LogP contribution in [0.1, 0.15) is 22.3 Å². The summed E-state index contributed by atoms with van der Waals surface area (Å²) in [6.45, 7) is 8.31. The van der Waals surface area contributed by atoms with Crippen molar-refractivity contribution in [1.29, 1.82) is 0 Å². The van der Waals surface area contributed by atoms with Gasteiger partial charge in [-0.3, -0.25) is 0 Å². The number of halogens is 1. The third-order valence-corrected chi connectivity index (χ3v) is 3.66. The maximum atomic E-state index is 13.6. The smallest absolute Gasteiger partial charge is 0.146 e. The van der Waals surface area contributed by atoms with Crippen LogP contribution in [0.15, 0.2) is 24.3 Å². The Morgan fingerprint density at radius 2 is 1.44 bits per heavy atom. The van der Waals surface area contributed by atoms with Crippen LogP contribution in [0.3, 0.4) is 0 Å². The Balaban J connectivity index is 2.74. The molecule has 0 unspecified atom stereocenters. The average Bonchev–Trinajstić information content (AvgIpc) is 2.31. The van der Waals surface area contributed by atoms with E-state index in [1.54, 1.807) is 6.07 Å². The lowest BCUT2D eigenvalue weighted by Crippen LogP contribution is -1.97. The molecule has 18 heavy (non-hydrogen) atoms. The Hall–Kier alpha value is -1.83. The second-order valence-corrected chi connectivity index (χ2v) is 4.87. The van der Waals surface area contributed by atoms with Crippen LogP contribution < -0.4 is 5.73 Å². The molecule has 2 N–H and O–H groups in total. The Morgan fingerprint density at radius 1 is 0.889 bits per heavy atom. The number of benzene rings is 2. The lowest BCUT2D eigenvalue weighted by Gasteiger charge is -2.16. The predicted molar refractivity (Wildman–Crippen MR) is 75.2 cm³/mol. The number of nitrogens with two attached hydrogens (primary N) is 1. The van der Waals surface area contributed by atoms with E-state index in [1.807, 2.05) is 6.07 Å². The van der Waals surface area contributed by atoms with Gasteiger partial charge in [-0.1, -0.05) is 12.1 Å². The number of anilines is 1. The van der Waals surface area contributed by atoms with Crippen LogP contribution in [0.2, 0.25) is 0 Å². The number of aryl methyl sites for hydroxylation is 2. The van der Waals surface area contributed by atoms with Crippen LogP contribution in [-0.4, -0.2) is 0 Å². The first kappa shape index (κ1) is 12.6. The Kier molecular flexibility index (Phi) is 3.12. The molecule has 2 aromatic carbocycles. The zero-order chi connectivity index (χ0) is 13.4. The number of hydrogen-bond donors (Lipinski definition) is 1. The summed E-state index contributed by atoms with van der Waals surface area (Å²) < 4.78 is 13.6. The van der Waals surface area contributed by atoms with E-state index in [-0.39, 0.29) is 11.5 Å². The standard InChI is InChI=1S/C16H18FN/c1-9-7-10(2)12(4)16(11(9)3)13-5-6-15(18)14(17)8-13/h5-8H,18H2,1-4H3. The van der Waals surface area contributed by atoms with Crippen molar-refractivity contribution >= 4 is 5.69 Å². The SMILES string of the molecule is Cc1cc(C)c(C)c(-c2ccc(N)c(F)c2)c1C. The van der Waals surface area contributed by atoms with Crippen molar-refractivity contribution in [2.24, 2.45) is 0 Å². The molecule has 0 saturated carbocycles. The Bertz CT molecular complexity index is 589. The van der Waals surface area contributed by atoms with Crippen molar-refractivity contribution in [3.63, 3.8) is 0 Å². The summed E-state index contributed by atoms with van der Waals surface area (Å²) in [6.07, 6.45) is 0. The van der Waals surface area contributed by atoms with E-state index in [1.165, 1.54) is 28.3 Å². The lowest BCUT2D eigenvalue weighted by molar-refractivity contribution is 0.633. The van der Waals surface area contributed by atoms with Crippen LogP contribution in [0.4, 0.5) is 10.1 Å². The van der Waals surface area contributed by atoms with E-state index in [2.05, 4.69) is 33.8 Å². The van der Waals surface area contributed by atoms with Crippen molar-refractivity contribution < 1.29 is 4.39 Å². The number of hydrogen-bond acceptors (Lipinski definition) is 1. The first-order valence-corrected chi connectivity index (χ1v) is 6.04. The molecule has 1 nitrogen and oxygen atoms in total. The highest BCUT2D eigenvalue weighted by Gasteiger charge is 2.11. The van der Waals surface area contributed by atoms with Crippen molar-refractivity contribution in [1.82, 2.24) is 0 Å². The lowest BCUT2D eigenvalue weighted by atomic mass is 9.89. The van der Waals surface area contributed by atoms with Crippen LogP contribution in [-0.2, 0) is 0 Å². The fourth-order valence-corrected chi connectivity index (χ4v) is 2.33. The zero-order valence-corrected chi connectivity index (χ0v) is 11.3. The molecule has 0 fully saturated rings. The number of nitrogen functional groups attached to an aromatic ring is 1. The summed E-state index contributed by atoms with van der Waals surface area (Å²) >= 11 is 0. The third kappa shape index (κ3) is 1.99. The minimum atomic E-state index is -0.356. The fourth-order valence-electron chi connectivity index (χ4n) is 2.33. The van der Waals surface area contributed by atoms with Crippen molar-refractivity contribution in [2.75, 3.05) is 5.73 Å². The molecule has 0 saturated heterocycles. The van der Waals surface area contributed by atoms with Gasteiger partial charge in [-0.15, -0.1) is 0 Å². The molecule has 0 radical (unpaired) electrons. The third-order valence-electron chi connectivity index (χ3n) is 3.66. The Morgan fingerprint density at radius 3 is 1.94 bits per heavy atom. The van der Waals surface area contributed by atoms with Crippen LogP contribution in [0, 0.1) is 33.5 Å². The van der Waals surface area contributed by atoms with Gasteiger partial charge in [-0.05, 0) is 73.2 Å². The molecule has 0 amide bonds. The van der Waals surface area contributed by atoms with Crippen LogP contribution in [0.25, 0.3) is 11.1 Å². The molecule has 0 aliphatic rings. The van der Waals surface area contributed by atoms with E-state index in [9.17, 15) is 4.39 Å². The van der Waals surface area contributed by atoms with E-state index in [0.717, 1.165) is 11.1 Å². The molecule has 94 valence electrons. The topological polar surface area (TPSA) is 26.0 Å². The fraction of sp³-hybridized carbons (Fsp3) is 0.250. The van der Waals surface area contributed by atoms with Crippen molar-refractivity contribution in [3.8, 4) is 11.1 Å². The maximum Gasteiger partial charge on any atom is 0.146 e. The largest absolute Gasteiger partial charge is 0.396 e. The molecule has 2 heteroatoms. The summed E-state index contributed by atoms with van der Waals surface area (Å²) in [7, 11) is 0. The van der Waals surface area contributed by atoms with Crippen LogP contribution >= 0.6 is 0 Å². The first-order valence-electron chi connectivity index (χ1n) is 6.04. The van der Waals surface area contributed by atoms with E-state index >= 15 is 0 Å². The highest BCUT2D eigenvalue weighted by molar-refractivity contribution is 5.74. The predicted octanol–water partition coefficient (Wildman–Crippen LogP) is 4.31. The summed E-state index contributed by atoms with van der Waals surface area (Å²) in [5, 5.41) is 0. The summed E-state index contributed by atoms with van der Waals surface area (Å²) in [5.41, 5.74) is 12.6. The summed E-state index contributed by atoms with van der Waals surface area (Å²) in [6, 6.07) is 7.19. The van der Waals surface area contributed by atoms with Gasteiger partial charge in [0.15, 0.2) is 0 Å². The normalized spacial score (nSPS) is 10.7. The molecule has 2 aromatic rings. The number of rotatable bonds is 1. The molecule has 0 heterocycles. The summed E-state index contributed by atoms with van der Waals surface area (Å²) in [4.78, 5) is 0. The van der Waals surface area contributed by atoms with E-state index in [4.69, 9.17) is 5.73 Å². The van der Waals surface area contributed by atoms with E-state index < -0.39 is 0 Å². The van der Waals surface area contributed by atoms with Gasteiger partial charge in [0.2, 0.25) is 0 Å². The molecule has 0 atom stereocenters. The molecular formula is C16H18FN. The van der Waals surface area contributed by atoms with Crippen molar-refractivity contribution in [2.45, 2.75) is 27.7 Å². The zero-order valence-electron chi connectivity index (χ0n) is 11.3. The molecule has 0 spiro atoms. The highest BCUT2D eigenvalue weighted by Crippen LogP contribution is 2.32. The van der Waals surface area contributed by atoms with Gasteiger partial charge in [-0.2, -0.15) is 0 Å². The molecule has 2 rings (SSSR count). The van der Waals surface area contributed by atoms with Gasteiger partial charge in [0.1, 0.15) is 5.82 Å². The maximum absolute atomic E-state index is 13.6. The van der Waals surface area contributed by atoms with Gasteiger partial charge >= 0.3 is 0 Å². The average molecular weight is 243 g/mol. The minimum Gasteiger partial charge on any atom is -0.396 e. The summed E-state index contributed by atoms with van der Waals surface area (Å²) in [5.74, 6) is -0.356. The monoisotopic (exact) mass is 243 g/mol. The second kappa shape index (κ2) is 4.45. The Labute approximate surface area is 107 Å². The molecule has 0 aliphatic carbocycles.